The van der Waals surface area contributed by atoms with Crippen LogP contribution in [0.25, 0.3) is 6.08 Å². The summed E-state index contributed by atoms with van der Waals surface area (Å²) < 4.78 is 11.2. The topological polar surface area (TPSA) is 84.9 Å². The van der Waals surface area contributed by atoms with E-state index in [4.69, 9.17) is 21.1 Å². The summed E-state index contributed by atoms with van der Waals surface area (Å²) in [5, 5.41) is 2.47. The van der Waals surface area contributed by atoms with E-state index in [2.05, 4.69) is 11.9 Å². The van der Waals surface area contributed by atoms with Crippen molar-refractivity contribution in [2.24, 2.45) is 0 Å². The lowest BCUT2D eigenvalue weighted by Crippen LogP contribution is -2.54. The molecule has 2 aromatic rings. The maximum Gasteiger partial charge on any atom is 0.335 e. The molecule has 4 amide bonds. The number of nitrogens with zero attached hydrogens (tertiary/aromatic N) is 1. The number of ether oxygens (including phenoxy) is 2. The molecule has 0 bridgehead atoms. The molecule has 7 nitrogen and oxygen atoms in total. The van der Waals surface area contributed by atoms with Crippen LogP contribution in [-0.4, -0.2) is 31.1 Å². The molecule has 0 atom stereocenters. The SMILES string of the molecule is C=CCOc1c(Cl)cc(/C=C2\C(=O)NC(=O)N(c3cccc(C)c3C)C2=O)cc1OCC. The average Bonchev–Trinajstić information content (AvgIpc) is 2.73. The van der Waals surface area contributed by atoms with Crippen LogP contribution in [0.1, 0.15) is 23.6 Å². The van der Waals surface area contributed by atoms with E-state index >= 15 is 0 Å². The van der Waals surface area contributed by atoms with Crippen LogP contribution in [0.15, 0.2) is 48.6 Å². The largest absolute Gasteiger partial charge is 0.490 e. The van der Waals surface area contributed by atoms with Gasteiger partial charge in [0.05, 0.1) is 17.3 Å². The fraction of sp³-hybridized carbons (Fsp3) is 0.208. The lowest BCUT2D eigenvalue weighted by molar-refractivity contribution is -0.122. The van der Waals surface area contributed by atoms with Crippen LogP contribution < -0.4 is 19.7 Å². The number of halogens is 1. The highest BCUT2D eigenvalue weighted by Crippen LogP contribution is 2.37. The van der Waals surface area contributed by atoms with Crippen LogP contribution >= 0.6 is 11.6 Å². The van der Waals surface area contributed by atoms with E-state index in [1.165, 1.54) is 6.08 Å². The van der Waals surface area contributed by atoms with Crippen LogP contribution in [0.4, 0.5) is 10.5 Å². The predicted octanol–water partition coefficient (Wildman–Crippen LogP) is 4.59. The fourth-order valence-corrected chi connectivity index (χ4v) is 3.51. The molecule has 0 aliphatic carbocycles. The summed E-state index contributed by atoms with van der Waals surface area (Å²) in [7, 11) is 0. The van der Waals surface area contributed by atoms with Crippen LogP contribution in [0.3, 0.4) is 0 Å². The zero-order valence-electron chi connectivity index (χ0n) is 18.0. The van der Waals surface area contributed by atoms with Crippen molar-refractivity contribution in [2.45, 2.75) is 20.8 Å². The van der Waals surface area contributed by atoms with E-state index in [9.17, 15) is 14.4 Å². The number of rotatable bonds is 7. The molecule has 32 heavy (non-hydrogen) atoms. The first-order valence-corrected chi connectivity index (χ1v) is 10.3. The molecular formula is C24H23ClN2O5. The molecule has 1 saturated heterocycles. The number of anilines is 1. The molecule has 0 spiro atoms. The van der Waals surface area contributed by atoms with Crippen molar-refractivity contribution in [1.82, 2.24) is 5.32 Å². The number of urea groups is 1. The quantitative estimate of drug-likeness (QED) is 0.376. The van der Waals surface area contributed by atoms with Crippen molar-refractivity contribution in [3.8, 4) is 11.5 Å². The second-order valence-corrected chi connectivity index (χ2v) is 7.45. The Bertz CT molecular complexity index is 1140. The number of barbiturate groups is 1. The van der Waals surface area contributed by atoms with E-state index in [-0.39, 0.29) is 17.2 Å². The first-order valence-electron chi connectivity index (χ1n) is 9.96. The van der Waals surface area contributed by atoms with Crippen molar-refractivity contribution in [2.75, 3.05) is 18.1 Å². The summed E-state index contributed by atoms with van der Waals surface area (Å²) in [5.41, 5.74) is 2.32. The van der Waals surface area contributed by atoms with Gasteiger partial charge in [-0.2, -0.15) is 0 Å². The maximum absolute atomic E-state index is 13.2. The smallest absolute Gasteiger partial charge is 0.335 e. The number of nitrogens with one attached hydrogen (secondary N) is 1. The molecule has 166 valence electrons. The van der Waals surface area contributed by atoms with Gasteiger partial charge < -0.3 is 9.47 Å². The van der Waals surface area contributed by atoms with Gasteiger partial charge in [0.15, 0.2) is 11.5 Å². The Labute approximate surface area is 191 Å². The summed E-state index contributed by atoms with van der Waals surface area (Å²) in [5.74, 6) is -0.821. The lowest BCUT2D eigenvalue weighted by atomic mass is 10.0. The van der Waals surface area contributed by atoms with E-state index in [0.29, 0.717) is 29.4 Å². The van der Waals surface area contributed by atoms with E-state index in [1.807, 2.05) is 19.9 Å². The Morgan fingerprint density at radius 3 is 2.59 bits per heavy atom. The molecule has 1 aliphatic heterocycles. The van der Waals surface area contributed by atoms with E-state index in [0.717, 1.165) is 16.0 Å². The lowest BCUT2D eigenvalue weighted by Gasteiger charge is -2.28. The number of benzene rings is 2. The molecule has 0 radical (unpaired) electrons. The molecule has 1 fully saturated rings. The highest BCUT2D eigenvalue weighted by molar-refractivity contribution is 6.39. The Kier molecular flexibility index (Phi) is 7.00. The number of hydrogen-bond acceptors (Lipinski definition) is 5. The molecule has 1 N–H and O–H groups in total. The van der Waals surface area contributed by atoms with Crippen molar-refractivity contribution in [1.29, 1.82) is 0 Å². The molecular weight excluding hydrogens is 432 g/mol. The summed E-state index contributed by atoms with van der Waals surface area (Å²) in [6.07, 6.45) is 2.94. The standard InChI is InChI=1S/C24H23ClN2O5/c1-5-10-32-21-18(25)12-16(13-20(21)31-6-2)11-17-22(28)26-24(30)27(23(17)29)19-9-7-8-14(3)15(19)4/h5,7-9,11-13H,1,6,10H2,2-4H3,(H,26,28,30)/b17-11+. The number of aryl methyl sites for hydroxylation is 1. The number of carbonyl (C=O) groups excluding carboxylic acids is 3. The van der Waals surface area contributed by atoms with Gasteiger partial charge in [-0.3, -0.25) is 14.9 Å². The van der Waals surface area contributed by atoms with E-state index < -0.39 is 17.8 Å². The predicted molar refractivity (Wildman–Crippen MR) is 123 cm³/mol. The van der Waals surface area contributed by atoms with Crippen molar-refractivity contribution < 1.29 is 23.9 Å². The molecule has 3 rings (SSSR count). The van der Waals surface area contributed by atoms with Gasteiger partial charge in [-0.15, -0.1) is 0 Å². The molecule has 0 saturated carbocycles. The zero-order valence-corrected chi connectivity index (χ0v) is 18.8. The number of imide groups is 2. The van der Waals surface area contributed by atoms with Gasteiger partial charge in [0.1, 0.15) is 12.2 Å². The van der Waals surface area contributed by atoms with Gasteiger partial charge in [-0.05, 0) is 61.7 Å². The Balaban J connectivity index is 2.06. The Morgan fingerprint density at radius 1 is 1.16 bits per heavy atom. The van der Waals surface area contributed by atoms with Crippen molar-refractivity contribution >= 4 is 41.2 Å². The molecule has 2 aromatic carbocycles. The minimum atomic E-state index is -0.799. The average molecular weight is 455 g/mol. The number of amides is 4. The van der Waals surface area contributed by atoms with Gasteiger partial charge >= 0.3 is 6.03 Å². The summed E-state index contributed by atoms with van der Waals surface area (Å²) in [6, 6.07) is 7.64. The van der Waals surface area contributed by atoms with Gasteiger partial charge in [-0.25, -0.2) is 9.69 Å². The summed E-state index contributed by atoms with van der Waals surface area (Å²) >= 11 is 6.36. The highest BCUT2D eigenvalue weighted by atomic mass is 35.5. The van der Waals surface area contributed by atoms with Crippen molar-refractivity contribution in [3.05, 3.63) is 70.3 Å². The summed E-state index contributed by atoms with van der Waals surface area (Å²) in [6.45, 7) is 9.69. The highest BCUT2D eigenvalue weighted by Gasteiger charge is 2.37. The normalized spacial score (nSPS) is 15.1. The minimum absolute atomic E-state index is 0.205. The number of hydrogen-bond donors (Lipinski definition) is 1. The third kappa shape index (κ3) is 4.53. The summed E-state index contributed by atoms with van der Waals surface area (Å²) in [4.78, 5) is 39.2. The molecule has 1 aliphatic rings. The van der Waals surface area contributed by atoms with Gasteiger partial charge in [0.25, 0.3) is 11.8 Å². The first-order chi connectivity index (χ1) is 15.3. The van der Waals surface area contributed by atoms with Crippen molar-refractivity contribution in [3.63, 3.8) is 0 Å². The Morgan fingerprint density at radius 2 is 1.91 bits per heavy atom. The third-order valence-corrected chi connectivity index (χ3v) is 5.19. The maximum atomic E-state index is 13.2. The Hall–Kier alpha value is -3.58. The van der Waals surface area contributed by atoms with E-state index in [1.54, 1.807) is 37.3 Å². The minimum Gasteiger partial charge on any atom is -0.490 e. The monoisotopic (exact) mass is 454 g/mol. The van der Waals surface area contributed by atoms with Gasteiger partial charge in [-0.1, -0.05) is 36.4 Å². The molecule has 0 unspecified atom stereocenters. The number of carbonyl (C=O) groups is 3. The van der Waals surface area contributed by atoms with Crippen LogP contribution in [-0.2, 0) is 9.59 Å². The second-order valence-electron chi connectivity index (χ2n) is 7.04. The fourth-order valence-electron chi connectivity index (χ4n) is 3.24. The third-order valence-electron chi connectivity index (χ3n) is 4.91. The second kappa shape index (κ2) is 9.70. The van der Waals surface area contributed by atoms with Crippen LogP contribution in [0.5, 0.6) is 11.5 Å². The molecule has 1 heterocycles. The molecule has 0 aromatic heterocycles. The van der Waals surface area contributed by atoms with Gasteiger partial charge in [0.2, 0.25) is 0 Å². The first kappa shape index (κ1) is 23.1. The zero-order chi connectivity index (χ0) is 23.4. The van der Waals surface area contributed by atoms with Gasteiger partial charge in [0, 0.05) is 0 Å². The van der Waals surface area contributed by atoms with Crippen LogP contribution in [0, 0.1) is 13.8 Å². The van der Waals surface area contributed by atoms with Crippen LogP contribution in [0.2, 0.25) is 5.02 Å². The molecule has 8 heteroatoms.